The fourth-order valence-electron chi connectivity index (χ4n) is 3.82. The van der Waals surface area contributed by atoms with E-state index in [0.29, 0.717) is 17.1 Å². The van der Waals surface area contributed by atoms with Gasteiger partial charge < -0.3 is 20.3 Å². The number of hydrogen-bond acceptors (Lipinski definition) is 7. The zero-order valence-electron chi connectivity index (χ0n) is 17.6. The van der Waals surface area contributed by atoms with E-state index in [1.165, 1.54) is 16.8 Å². The smallest absolute Gasteiger partial charge is 0.227 e. The Hall–Kier alpha value is -3.50. The van der Waals surface area contributed by atoms with E-state index in [-0.39, 0.29) is 22.3 Å². The van der Waals surface area contributed by atoms with Crippen molar-refractivity contribution in [1.82, 2.24) is 24.7 Å². The number of rotatable bonds is 5. The minimum absolute atomic E-state index is 0.0271. The normalized spacial score (nSPS) is 14.0. The summed E-state index contributed by atoms with van der Waals surface area (Å²) in [5, 5.41) is 6.69. The second-order valence-corrected chi connectivity index (χ2v) is 7.89. The summed E-state index contributed by atoms with van der Waals surface area (Å²) in [6.07, 6.45) is 3.94. The summed E-state index contributed by atoms with van der Waals surface area (Å²) in [4.78, 5) is 15.0. The highest BCUT2D eigenvalue weighted by molar-refractivity contribution is 6.32. The van der Waals surface area contributed by atoms with Crippen LogP contribution in [0.1, 0.15) is 0 Å². The molecule has 3 aromatic heterocycles. The molecule has 1 saturated heterocycles. The van der Waals surface area contributed by atoms with Crippen LogP contribution in [0.2, 0.25) is 5.02 Å². The number of methoxy groups -OCH3 is 1. The predicted molar refractivity (Wildman–Crippen MR) is 123 cm³/mol. The van der Waals surface area contributed by atoms with Gasteiger partial charge in [0, 0.05) is 50.2 Å². The molecule has 4 aromatic rings. The number of pyridine rings is 1. The standard InChI is InChI=1S/C22H20ClF2N7O/c1-33-19-9-14(31-6-4-26-5-7-31)2-3-17(19)29-22-28-10-15(23)20(30-22)18-11-27-21-16(25)8-13(24)12-32(18)21/h2-3,8-12,26H,4-7H2,1H3,(H,28,29,30). The molecule has 8 nitrogen and oxygen atoms in total. The molecule has 0 unspecified atom stereocenters. The Morgan fingerprint density at radius 3 is 2.73 bits per heavy atom. The Bertz CT molecular complexity index is 1320. The van der Waals surface area contributed by atoms with Gasteiger partial charge in [0.05, 0.1) is 35.9 Å². The summed E-state index contributed by atoms with van der Waals surface area (Å²) in [6, 6.07) is 6.63. The molecular weight excluding hydrogens is 452 g/mol. The molecular formula is C22H20ClF2N7O. The third kappa shape index (κ3) is 4.14. The van der Waals surface area contributed by atoms with Gasteiger partial charge in [0.15, 0.2) is 11.5 Å². The number of nitrogens with one attached hydrogen (secondary N) is 2. The first-order valence-corrected chi connectivity index (χ1v) is 10.7. The minimum Gasteiger partial charge on any atom is -0.494 e. The lowest BCUT2D eigenvalue weighted by Crippen LogP contribution is -2.43. The highest BCUT2D eigenvalue weighted by atomic mass is 35.5. The average Bonchev–Trinajstić information content (AvgIpc) is 3.25. The highest BCUT2D eigenvalue weighted by Gasteiger charge is 2.18. The van der Waals surface area contributed by atoms with Crippen LogP contribution >= 0.6 is 11.6 Å². The maximum absolute atomic E-state index is 14.1. The van der Waals surface area contributed by atoms with Crippen LogP contribution in [0.15, 0.2) is 42.9 Å². The van der Waals surface area contributed by atoms with Crippen LogP contribution in [0.5, 0.6) is 5.75 Å². The number of hydrogen-bond donors (Lipinski definition) is 2. The van der Waals surface area contributed by atoms with Gasteiger partial charge in [-0.1, -0.05) is 11.6 Å². The van der Waals surface area contributed by atoms with Crippen LogP contribution in [0, 0.1) is 11.6 Å². The van der Waals surface area contributed by atoms with E-state index < -0.39 is 11.6 Å². The van der Waals surface area contributed by atoms with Crippen molar-refractivity contribution in [2.24, 2.45) is 0 Å². The van der Waals surface area contributed by atoms with Gasteiger partial charge in [-0.15, -0.1) is 0 Å². The van der Waals surface area contributed by atoms with E-state index in [1.807, 2.05) is 18.2 Å². The molecule has 0 aliphatic carbocycles. The Morgan fingerprint density at radius 2 is 1.94 bits per heavy atom. The Balaban J connectivity index is 1.48. The van der Waals surface area contributed by atoms with Gasteiger partial charge in [-0.25, -0.2) is 23.7 Å². The van der Waals surface area contributed by atoms with E-state index in [0.717, 1.165) is 44.1 Å². The van der Waals surface area contributed by atoms with Crippen molar-refractivity contribution in [2.45, 2.75) is 0 Å². The van der Waals surface area contributed by atoms with Crippen molar-refractivity contribution in [3.05, 3.63) is 59.5 Å². The summed E-state index contributed by atoms with van der Waals surface area (Å²) < 4.78 is 34.7. The highest BCUT2D eigenvalue weighted by Crippen LogP contribution is 2.33. The van der Waals surface area contributed by atoms with Gasteiger partial charge in [0.1, 0.15) is 17.3 Å². The minimum atomic E-state index is -0.779. The first-order chi connectivity index (χ1) is 16.0. The summed E-state index contributed by atoms with van der Waals surface area (Å²) >= 11 is 6.32. The number of benzene rings is 1. The summed E-state index contributed by atoms with van der Waals surface area (Å²) in [5.74, 6) is -0.643. The molecule has 33 heavy (non-hydrogen) atoms. The number of imidazole rings is 1. The zero-order valence-corrected chi connectivity index (χ0v) is 18.4. The van der Waals surface area contributed by atoms with Gasteiger partial charge in [-0.05, 0) is 12.1 Å². The molecule has 0 spiro atoms. The molecule has 1 aliphatic rings. The first-order valence-electron chi connectivity index (χ1n) is 10.3. The Morgan fingerprint density at radius 1 is 1.12 bits per heavy atom. The van der Waals surface area contributed by atoms with E-state index in [2.05, 4.69) is 30.5 Å². The molecule has 1 aromatic carbocycles. The third-order valence-corrected chi connectivity index (χ3v) is 5.70. The van der Waals surface area contributed by atoms with Gasteiger partial charge >= 0.3 is 0 Å². The van der Waals surface area contributed by atoms with Gasteiger partial charge in [0.2, 0.25) is 5.95 Å². The Labute approximate surface area is 193 Å². The number of halogens is 3. The van der Waals surface area contributed by atoms with Crippen molar-refractivity contribution in [1.29, 1.82) is 0 Å². The van der Waals surface area contributed by atoms with Gasteiger partial charge in [0.25, 0.3) is 0 Å². The summed E-state index contributed by atoms with van der Waals surface area (Å²) in [7, 11) is 1.59. The number of fused-ring (bicyclic) bond motifs is 1. The fourth-order valence-corrected chi connectivity index (χ4v) is 4.01. The van der Waals surface area contributed by atoms with E-state index >= 15 is 0 Å². The number of piperazine rings is 1. The van der Waals surface area contributed by atoms with Crippen molar-refractivity contribution >= 4 is 34.6 Å². The molecule has 0 bridgehead atoms. The topological polar surface area (TPSA) is 79.6 Å². The largest absolute Gasteiger partial charge is 0.494 e. The lowest BCUT2D eigenvalue weighted by atomic mass is 10.2. The molecule has 0 atom stereocenters. The predicted octanol–water partition coefficient (Wildman–Crippen LogP) is 3.88. The van der Waals surface area contributed by atoms with Crippen LogP contribution in [0.4, 0.5) is 26.1 Å². The Kier molecular flexibility index (Phi) is 5.69. The quantitative estimate of drug-likeness (QED) is 0.457. The summed E-state index contributed by atoms with van der Waals surface area (Å²) in [6.45, 7) is 3.70. The molecule has 0 amide bonds. The maximum atomic E-state index is 14.1. The zero-order chi connectivity index (χ0) is 22.9. The molecule has 170 valence electrons. The van der Waals surface area contributed by atoms with E-state index in [4.69, 9.17) is 16.3 Å². The van der Waals surface area contributed by atoms with Gasteiger partial charge in [-0.2, -0.15) is 0 Å². The van der Waals surface area contributed by atoms with Crippen molar-refractivity contribution in [3.8, 4) is 17.1 Å². The van der Waals surface area contributed by atoms with Crippen LogP contribution in [0.3, 0.4) is 0 Å². The van der Waals surface area contributed by atoms with E-state index in [1.54, 1.807) is 7.11 Å². The van der Waals surface area contributed by atoms with Crippen molar-refractivity contribution in [2.75, 3.05) is 43.5 Å². The molecule has 1 aliphatic heterocycles. The molecule has 2 N–H and O–H groups in total. The SMILES string of the molecule is COc1cc(N2CCNCC2)ccc1Nc1ncc(Cl)c(-c2cnc3c(F)cc(F)cn23)n1. The molecule has 4 heterocycles. The summed E-state index contributed by atoms with van der Waals surface area (Å²) in [5.41, 5.74) is 2.31. The van der Waals surface area contributed by atoms with Crippen LogP contribution in [0.25, 0.3) is 17.0 Å². The van der Waals surface area contributed by atoms with Gasteiger partial charge in [-0.3, -0.25) is 4.40 Å². The molecule has 5 rings (SSSR count). The second kappa shape index (κ2) is 8.80. The number of nitrogens with zero attached hydrogens (tertiary/aromatic N) is 5. The van der Waals surface area contributed by atoms with Crippen molar-refractivity contribution in [3.63, 3.8) is 0 Å². The monoisotopic (exact) mass is 471 g/mol. The molecule has 11 heteroatoms. The maximum Gasteiger partial charge on any atom is 0.227 e. The number of ether oxygens (including phenoxy) is 1. The second-order valence-electron chi connectivity index (χ2n) is 7.48. The first kappa shape index (κ1) is 21.4. The third-order valence-electron chi connectivity index (χ3n) is 5.43. The lowest BCUT2D eigenvalue weighted by Gasteiger charge is -2.30. The van der Waals surface area contributed by atoms with E-state index in [9.17, 15) is 8.78 Å². The molecule has 1 fully saturated rings. The number of aromatic nitrogens is 4. The molecule has 0 saturated carbocycles. The van der Waals surface area contributed by atoms with Crippen LogP contribution in [-0.2, 0) is 0 Å². The number of anilines is 3. The molecule has 0 radical (unpaired) electrons. The average molecular weight is 472 g/mol. The van der Waals surface area contributed by atoms with Crippen LogP contribution < -0.4 is 20.3 Å². The van der Waals surface area contributed by atoms with Crippen LogP contribution in [-0.4, -0.2) is 52.6 Å². The fraction of sp³-hybridized carbons (Fsp3) is 0.227. The van der Waals surface area contributed by atoms with Crippen molar-refractivity contribution < 1.29 is 13.5 Å². The lowest BCUT2D eigenvalue weighted by molar-refractivity contribution is 0.416.